The summed E-state index contributed by atoms with van der Waals surface area (Å²) in [6.07, 6.45) is 0. The first-order valence-corrected chi connectivity index (χ1v) is 6.46. The van der Waals surface area contributed by atoms with E-state index in [1.807, 2.05) is 13.8 Å². The fraction of sp³-hybridized carbons (Fsp3) is 1.00. The van der Waals surface area contributed by atoms with Crippen LogP contribution in [0.2, 0.25) is 0 Å². The van der Waals surface area contributed by atoms with E-state index in [0.717, 1.165) is 6.04 Å². The standard InChI is InChI=1S/C10H21N3.C2H6/c1-9(2)13-6-5-12-4-3-11-7-10(12)8-13;1-2/h9-11H,3-8H2,1-2H3;1-2H3. The topological polar surface area (TPSA) is 18.5 Å². The highest BCUT2D eigenvalue weighted by molar-refractivity contribution is 4.87. The van der Waals surface area contributed by atoms with Crippen molar-refractivity contribution in [2.75, 3.05) is 39.3 Å². The van der Waals surface area contributed by atoms with Crippen molar-refractivity contribution in [1.29, 1.82) is 0 Å². The zero-order chi connectivity index (χ0) is 11.3. The highest BCUT2D eigenvalue weighted by atomic mass is 15.3. The van der Waals surface area contributed by atoms with E-state index in [-0.39, 0.29) is 0 Å². The lowest BCUT2D eigenvalue weighted by Gasteiger charge is -2.45. The largest absolute Gasteiger partial charge is 0.314 e. The lowest BCUT2D eigenvalue weighted by atomic mass is 10.1. The van der Waals surface area contributed by atoms with Crippen LogP contribution >= 0.6 is 0 Å². The number of nitrogens with zero attached hydrogens (tertiary/aromatic N) is 2. The van der Waals surface area contributed by atoms with E-state index >= 15 is 0 Å². The number of hydrogen-bond acceptors (Lipinski definition) is 3. The number of rotatable bonds is 1. The Labute approximate surface area is 94.8 Å². The van der Waals surface area contributed by atoms with Gasteiger partial charge in [-0.05, 0) is 13.8 Å². The monoisotopic (exact) mass is 213 g/mol. The predicted octanol–water partition coefficient (Wildman–Crippen LogP) is 1.01. The Morgan fingerprint density at radius 3 is 2.53 bits per heavy atom. The summed E-state index contributed by atoms with van der Waals surface area (Å²) >= 11 is 0. The molecule has 3 heteroatoms. The second-order valence-corrected chi connectivity index (χ2v) is 4.48. The van der Waals surface area contributed by atoms with Gasteiger partial charge in [-0.15, -0.1) is 0 Å². The molecule has 1 N–H and O–H groups in total. The van der Waals surface area contributed by atoms with Crippen molar-refractivity contribution in [3.05, 3.63) is 0 Å². The minimum absolute atomic E-state index is 0.712. The van der Waals surface area contributed by atoms with Gasteiger partial charge in [0.2, 0.25) is 0 Å². The molecule has 1 atom stereocenters. The molecule has 2 heterocycles. The third kappa shape index (κ3) is 3.44. The Balaban J connectivity index is 0.000000531. The maximum atomic E-state index is 3.48. The summed E-state index contributed by atoms with van der Waals surface area (Å²) in [4.78, 5) is 5.23. The first-order valence-electron chi connectivity index (χ1n) is 6.46. The fourth-order valence-electron chi connectivity index (χ4n) is 2.37. The molecule has 0 aliphatic carbocycles. The molecule has 2 aliphatic heterocycles. The summed E-state index contributed by atoms with van der Waals surface area (Å²) in [5.41, 5.74) is 0. The summed E-state index contributed by atoms with van der Waals surface area (Å²) < 4.78 is 0. The van der Waals surface area contributed by atoms with Crippen LogP contribution in [0.5, 0.6) is 0 Å². The molecule has 0 aromatic rings. The fourth-order valence-corrected chi connectivity index (χ4v) is 2.37. The van der Waals surface area contributed by atoms with Crippen LogP contribution in [-0.4, -0.2) is 61.2 Å². The molecular weight excluding hydrogens is 186 g/mol. The van der Waals surface area contributed by atoms with Gasteiger partial charge in [-0.1, -0.05) is 13.8 Å². The lowest BCUT2D eigenvalue weighted by Crippen LogP contribution is -2.62. The lowest BCUT2D eigenvalue weighted by molar-refractivity contribution is 0.0426. The van der Waals surface area contributed by atoms with E-state index in [1.54, 1.807) is 0 Å². The van der Waals surface area contributed by atoms with Crippen molar-refractivity contribution < 1.29 is 0 Å². The van der Waals surface area contributed by atoms with E-state index in [0.29, 0.717) is 6.04 Å². The van der Waals surface area contributed by atoms with Crippen molar-refractivity contribution in [2.24, 2.45) is 0 Å². The first kappa shape index (κ1) is 12.9. The quantitative estimate of drug-likeness (QED) is 0.701. The molecule has 0 amide bonds. The number of fused-ring (bicyclic) bond motifs is 1. The number of hydrogen-bond donors (Lipinski definition) is 1. The molecule has 90 valence electrons. The maximum absolute atomic E-state index is 3.48. The zero-order valence-electron chi connectivity index (χ0n) is 10.8. The van der Waals surface area contributed by atoms with Gasteiger partial charge in [0.15, 0.2) is 0 Å². The van der Waals surface area contributed by atoms with Crippen molar-refractivity contribution >= 4 is 0 Å². The second kappa shape index (κ2) is 6.46. The maximum Gasteiger partial charge on any atom is 0.0349 e. The Hall–Kier alpha value is -0.120. The van der Waals surface area contributed by atoms with Crippen LogP contribution in [0.4, 0.5) is 0 Å². The average molecular weight is 213 g/mol. The molecule has 2 saturated heterocycles. The molecule has 2 fully saturated rings. The average Bonchev–Trinajstić information content (AvgIpc) is 2.31. The summed E-state index contributed by atoms with van der Waals surface area (Å²) in [5.74, 6) is 0. The minimum Gasteiger partial charge on any atom is -0.314 e. The minimum atomic E-state index is 0.712. The molecule has 3 nitrogen and oxygen atoms in total. The molecule has 0 radical (unpaired) electrons. The molecule has 0 aromatic carbocycles. The second-order valence-electron chi connectivity index (χ2n) is 4.48. The van der Waals surface area contributed by atoms with Crippen LogP contribution in [0.1, 0.15) is 27.7 Å². The van der Waals surface area contributed by atoms with Crippen LogP contribution in [0.25, 0.3) is 0 Å². The van der Waals surface area contributed by atoms with Crippen LogP contribution < -0.4 is 5.32 Å². The third-order valence-electron chi connectivity index (χ3n) is 3.32. The van der Waals surface area contributed by atoms with Crippen molar-refractivity contribution in [3.63, 3.8) is 0 Å². The van der Waals surface area contributed by atoms with Crippen LogP contribution in [0.15, 0.2) is 0 Å². The number of piperazine rings is 2. The molecular formula is C12H27N3. The molecule has 0 spiro atoms. The molecule has 2 rings (SSSR count). The Kier molecular flexibility index (Phi) is 5.58. The molecule has 0 bridgehead atoms. The van der Waals surface area contributed by atoms with Gasteiger partial charge >= 0.3 is 0 Å². The van der Waals surface area contributed by atoms with Gasteiger partial charge in [0.1, 0.15) is 0 Å². The Morgan fingerprint density at radius 2 is 1.87 bits per heavy atom. The Bertz CT molecular complexity index is 170. The van der Waals surface area contributed by atoms with E-state index in [4.69, 9.17) is 0 Å². The summed E-state index contributed by atoms with van der Waals surface area (Å²) in [7, 11) is 0. The van der Waals surface area contributed by atoms with Crippen molar-refractivity contribution in [1.82, 2.24) is 15.1 Å². The molecule has 0 saturated carbocycles. The van der Waals surface area contributed by atoms with E-state index in [1.165, 1.54) is 39.3 Å². The van der Waals surface area contributed by atoms with Gasteiger partial charge in [0.25, 0.3) is 0 Å². The number of nitrogens with one attached hydrogen (secondary N) is 1. The molecule has 15 heavy (non-hydrogen) atoms. The van der Waals surface area contributed by atoms with Crippen molar-refractivity contribution in [2.45, 2.75) is 39.8 Å². The van der Waals surface area contributed by atoms with Crippen LogP contribution in [0, 0.1) is 0 Å². The summed E-state index contributed by atoms with van der Waals surface area (Å²) in [6.45, 7) is 16.0. The molecule has 1 unspecified atom stereocenters. The highest BCUT2D eigenvalue weighted by Gasteiger charge is 2.29. The van der Waals surface area contributed by atoms with Gasteiger partial charge in [-0.3, -0.25) is 9.80 Å². The van der Waals surface area contributed by atoms with E-state index in [9.17, 15) is 0 Å². The van der Waals surface area contributed by atoms with Crippen LogP contribution in [-0.2, 0) is 0 Å². The highest BCUT2D eigenvalue weighted by Crippen LogP contribution is 2.13. The van der Waals surface area contributed by atoms with E-state index in [2.05, 4.69) is 29.0 Å². The van der Waals surface area contributed by atoms with E-state index < -0.39 is 0 Å². The van der Waals surface area contributed by atoms with Crippen LogP contribution in [0.3, 0.4) is 0 Å². The van der Waals surface area contributed by atoms with Gasteiger partial charge in [-0.25, -0.2) is 0 Å². The first-order chi connectivity index (χ1) is 7.27. The normalized spacial score (nSPS) is 28.2. The zero-order valence-corrected chi connectivity index (χ0v) is 10.8. The van der Waals surface area contributed by atoms with Gasteiger partial charge in [-0.2, -0.15) is 0 Å². The predicted molar refractivity (Wildman–Crippen MR) is 66.3 cm³/mol. The molecule has 2 aliphatic rings. The van der Waals surface area contributed by atoms with Crippen molar-refractivity contribution in [3.8, 4) is 0 Å². The summed E-state index contributed by atoms with van der Waals surface area (Å²) in [5, 5.41) is 3.48. The van der Waals surface area contributed by atoms with Gasteiger partial charge in [0, 0.05) is 51.4 Å². The van der Waals surface area contributed by atoms with Gasteiger partial charge in [0.05, 0.1) is 0 Å². The van der Waals surface area contributed by atoms with Gasteiger partial charge < -0.3 is 5.32 Å². The SMILES string of the molecule is CC.CC(C)N1CCN2CCNCC2C1. The molecule has 0 aromatic heterocycles. The smallest absolute Gasteiger partial charge is 0.0349 e. The Morgan fingerprint density at radius 1 is 1.13 bits per heavy atom. The summed E-state index contributed by atoms with van der Waals surface area (Å²) in [6, 6.07) is 1.48. The third-order valence-corrected chi connectivity index (χ3v) is 3.32.